The van der Waals surface area contributed by atoms with E-state index in [4.69, 9.17) is 17.4 Å². The topological polar surface area (TPSA) is 55.9 Å². The molecule has 5 heteroatoms. The second-order valence-electron chi connectivity index (χ2n) is 4.30. The van der Waals surface area contributed by atoms with Gasteiger partial charge in [0, 0.05) is 24.3 Å². The van der Waals surface area contributed by atoms with Crippen LogP contribution in [0.1, 0.15) is 23.6 Å². The maximum atomic E-state index is 6.17. The third-order valence-electron chi connectivity index (χ3n) is 2.96. The number of hydrogen-bond donors (Lipinski definition) is 2. The van der Waals surface area contributed by atoms with Gasteiger partial charge in [-0.1, -0.05) is 29.8 Å². The van der Waals surface area contributed by atoms with Crippen LogP contribution in [0.3, 0.4) is 0 Å². The molecule has 4 nitrogen and oxygen atoms in total. The molecule has 1 atom stereocenters. The largest absolute Gasteiger partial charge is 0.276 e. The Balaban J connectivity index is 2.04. The zero-order valence-corrected chi connectivity index (χ0v) is 11.1. The fraction of sp³-hybridized carbons (Fsp3) is 0.308. The highest BCUT2D eigenvalue weighted by Crippen LogP contribution is 2.25. The molecule has 0 fully saturated rings. The van der Waals surface area contributed by atoms with Gasteiger partial charge in [0.25, 0.3) is 0 Å². The summed E-state index contributed by atoms with van der Waals surface area (Å²) in [6.07, 6.45) is 5.68. The molecule has 3 N–H and O–H groups in total. The highest BCUT2D eigenvalue weighted by atomic mass is 35.5. The van der Waals surface area contributed by atoms with Crippen molar-refractivity contribution in [3.05, 3.63) is 52.8 Å². The van der Waals surface area contributed by atoms with Gasteiger partial charge >= 0.3 is 0 Å². The molecule has 96 valence electrons. The van der Waals surface area contributed by atoms with Crippen molar-refractivity contribution in [1.82, 2.24) is 15.2 Å². The minimum Gasteiger partial charge on any atom is -0.276 e. The van der Waals surface area contributed by atoms with E-state index in [1.54, 1.807) is 4.68 Å². The van der Waals surface area contributed by atoms with Crippen LogP contribution in [0.2, 0.25) is 5.02 Å². The first-order valence-corrected chi connectivity index (χ1v) is 6.26. The number of halogens is 1. The Morgan fingerprint density at radius 3 is 2.83 bits per heavy atom. The summed E-state index contributed by atoms with van der Waals surface area (Å²) in [5, 5.41) is 4.89. The molecule has 0 saturated heterocycles. The molecule has 1 heterocycles. The van der Waals surface area contributed by atoms with E-state index in [0.29, 0.717) is 0 Å². The highest BCUT2D eigenvalue weighted by Gasteiger charge is 2.13. The van der Waals surface area contributed by atoms with Crippen LogP contribution in [-0.4, -0.2) is 9.78 Å². The number of aromatic nitrogens is 2. The minimum atomic E-state index is 0.0545. The maximum Gasteiger partial charge on any atom is 0.0521 e. The molecule has 0 bridgehead atoms. The number of benzene rings is 1. The number of rotatable bonds is 5. The van der Waals surface area contributed by atoms with Crippen LogP contribution in [0.25, 0.3) is 0 Å². The Bertz CT molecular complexity index is 509. The SMILES string of the molecule is Cn1cc(CCC(NN)c2ccccc2Cl)cn1. The number of aryl methyl sites for hydroxylation is 2. The van der Waals surface area contributed by atoms with Crippen molar-refractivity contribution >= 4 is 11.6 Å². The quantitative estimate of drug-likeness (QED) is 0.643. The monoisotopic (exact) mass is 264 g/mol. The summed E-state index contributed by atoms with van der Waals surface area (Å²) in [6.45, 7) is 0. The second-order valence-corrected chi connectivity index (χ2v) is 4.71. The fourth-order valence-corrected chi connectivity index (χ4v) is 2.27. The molecule has 0 spiro atoms. The molecule has 2 aromatic rings. The predicted molar refractivity (Wildman–Crippen MR) is 73.0 cm³/mol. The summed E-state index contributed by atoms with van der Waals surface area (Å²) in [5.41, 5.74) is 5.06. The number of hydrazine groups is 1. The van der Waals surface area contributed by atoms with E-state index in [9.17, 15) is 0 Å². The van der Waals surface area contributed by atoms with E-state index in [0.717, 1.165) is 23.4 Å². The third kappa shape index (κ3) is 3.10. The van der Waals surface area contributed by atoms with E-state index >= 15 is 0 Å². The Morgan fingerprint density at radius 1 is 1.44 bits per heavy atom. The lowest BCUT2D eigenvalue weighted by Gasteiger charge is -2.17. The molecule has 0 aliphatic rings. The van der Waals surface area contributed by atoms with Crippen LogP contribution in [0.15, 0.2) is 36.7 Å². The van der Waals surface area contributed by atoms with Gasteiger partial charge in [0.05, 0.1) is 6.20 Å². The van der Waals surface area contributed by atoms with Gasteiger partial charge in [-0.3, -0.25) is 16.0 Å². The normalized spacial score (nSPS) is 12.6. The van der Waals surface area contributed by atoms with Gasteiger partial charge in [-0.25, -0.2) is 0 Å². The van der Waals surface area contributed by atoms with Crippen molar-refractivity contribution in [3.8, 4) is 0 Å². The minimum absolute atomic E-state index is 0.0545. The van der Waals surface area contributed by atoms with Crippen molar-refractivity contribution in [2.75, 3.05) is 0 Å². The highest BCUT2D eigenvalue weighted by molar-refractivity contribution is 6.31. The molecule has 0 amide bonds. The summed E-state index contributed by atoms with van der Waals surface area (Å²) < 4.78 is 1.80. The average Bonchev–Trinajstić information content (AvgIpc) is 2.78. The molecule has 0 radical (unpaired) electrons. The van der Waals surface area contributed by atoms with Gasteiger partial charge in [-0.15, -0.1) is 0 Å². The number of nitrogens with zero attached hydrogens (tertiary/aromatic N) is 2. The average molecular weight is 265 g/mol. The molecule has 0 aliphatic carbocycles. The smallest absolute Gasteiger partial charge is 0.0521 e. The van der Waals surface area contributed by atoms with Crippen LogP contribution in [0.5, 0.6) is 0 Å². The van der Waals surface area contributed by atoms with E-state index in [1.165, 1.54) is 5.56 Å². The number of nitrogens with two attached hydrogens (primary N) is 1. The van der Waals surface area contributed by atoms with Crippen LogP contribution in [0, 0.1) is 0 Å². The summed E-state index contributed by atoms with van der Waals surface area (Å²) in [6, 6.07) is 7.82. The van der Waals surface area contributed by atoms with Crippen molar-refractivity contribution < 1.29 is 0 Å². The maximum absolute atomic E-state index is 6.17. The third-order valence-corrected chi connectivity index (χ3v) is 3.31. The van der Waals surface area contributed by atoms with Crippen LogP contribution in [-0.2, 0) is 13.5 Å². The summed E-state index contributed by atoms with van der Waals surface area (Å²) in [4.78, 5) is 0. The lowest BCUT2D eigenvalue weighted by molar-refractivity contribution is 0.516. The lowest BCUT2D eigenvalue weighted by atomic mass is 10.0. The summed E-state index contributed by atoms with van der Waals surface area (Å²) >= 11 is 6.17. The summed E-state index contributed by atoms with van der Waals surface area (Å²) in [7, 11) is 1.91. The zero-order valence-electron chi connectivity index (χ0n) is 10.3. The van der Waals surface area contributed by atoms with Crippen LogP contribution in [0.4, 0.5) is 0 Å². The molecular formula is C13H17ClN4. The van der Waals surface area contributed by atoms with Crippen molar-refractivity contribution in [3.63, 3.8) is 0 Å². The second kappa shape index (κ2) is 6.00. The molecule has 0 saturated carbocycles. The van der Waals surface area contributed by atoms with Crippen LogP contribution < -0.4 is 11.3 Å². The first kappa shape index (κ1) is 13.1. The van der Waals surface area contributed by atoms with Crippen molar-refractivity contribution in [2.24, 2.45) is 12.9 Å². The van der Waals surface area contributed by atoms with Gasteiger partial charge in [0.15, 0.2) is 0 Å². The number of hydrogen-bond acceptors (Lipinski definition) is 3. The van der Waals surface area contributed by atoms with Crippen LogP contribution >= 0.6 is 11.6 Å². The van der Waals surface area contributed by atoms with Crippen molar-refractivity contribution in [2.45, 2.75) is 18.9 Å². The molecular weight excluding hydrogens is 248 g/mol. The standard InChI is InChI=1S/C13H17ClN4/c1-18-9-10(8-16-18)6-7-13(17-15)11-4-2-3-5-12(11)14/h2-5,8-9,13,17H,6-7,15H2,1H3. The van der Waals surface area contributed by atoms with E-state index < -0.39 is 0 Å². The lowest BCUT2D eigenvalue weighted by Crippen LogP contribution is -2.28. The van der Waals surface area contributed by atoms with Gasteiger partial charge in [-0.05, 0) is 30.0 Å². The van der Waals surface area contributed by atoms with E-state index in [2.05, 4.69) is 10.5 Å². The Kier molecular flexibility index (Phi) is 4.36. The first-order chi connectivity index (χ1) is 8.70. The van der Waals surface area contributed by atoms with Gasteiger partial charge in [0.1, 0.15) is 0 Å². The molecule has 0 aliphatic heterocycles. The molecule has 1 aromatic heterocycles. The Morgan fingerprint density at radius 2 is 2.22 bits per heavy atom. The predicted octanol–water partition coefficient (Wildman–Crippen LogP) is 2.21. The molecule has 18 heavy (non-hydrogen) atoms. The molecule has 2 rings (SSSR count). The first-order valence-electron chi connectivity index (χ1n) is 5.89. The van der Waals surface area contributed by atoms with Gasteiger partial charge in [0.2, 0.25) is 0 Å². The fourth-order valence-electron chi connectivity index (χ4n) is 2.00. The Labute approximate surface area is 112 Å². The zero-order chi connectivity index (χ0) is 13.0. The van der Waals surface area contributed by atoms with Crippen molar-refractivity contribution in [1.29, 1.82) is 0 Å². The molecule has 1 aromatic carbocycles. The van der Waals surface area contributed by atoms with E-state index in [1.807, 2.05) is 43.7 Å². The Hall–Kier alpha value is -1.36. The van der Waals surface area contributed by atoms with Gasteiger partial charge < -0.3 is 0 Å². The van der Waals surface area contributed by atoms with E-state index in [-0.39, 0.29) is 6.04 Å². The number of nitrogens with one attached hydrogen (secondary N) is 1. The molecule has 1 unspecified atom stereocenters. The van der Waals surface area contributed by atoms with Gasteiger partial charge in [-0.2, -0.15) is 5.10 Å². The summed E-state index contributed by atoms with van der Waals surface area (Å²) in [5.74, 6) is 5.61.